The Morgan fingerprint density at radius 2 is 1.46 bits per heavy atom. The van der Waals surface area contributed by atoms with E-state index in [9.17, 15) is 24.3 Å². The van der Waals surface area contributed by atoms with Crippen molar-refractivity contribution in [2.24, 2.45) is 41.4 Å². The van der Waals surface area contributed by atoms with E-state index in [4.69, 9.17) is 4.74 Å². The second-order valence-electron chi connectivity index (χ2n) is 16.6. The zero-order valence-corrected chi connectivity index (χ0v) is 34.8. The normalized spacial score (nSPS) is 20.2. The molecule has 1 aromatic carbocycles. The molecule has 52 heavy (non-hydrogen) atoms. The average Bonchev–Trinajstić information content (AvgIpc) is 3.59. The van der Waals surface area contributed by atoms with Crippen molar-refractivity contribution in [3.8, 4) is 0 Å². The fourth-order valence-electron chi connectivity index (χ4n) is 8.82. The summed E-state index contributed by atoms with van der Waals surface area (Å²) in [7, 11) is 7.23. The number of likely N-dealkylation sites (tertiary alicyclic amines) is 1. The molecule has 9 nitrogen and oxygen atoms in total. The van der Waals surface area contributed by atoms with Crippen LogP contribution in [0.2, 0.25) is 0 Å². The van der Waals surface area contributed by atoms with Crippen molar-refractivity contribution in [2.45, 2.75) is 138 Å². The summed E-state index contributed by atoms with van der Waals surface area (Å²) < 4.78 is 6.08. The number of amides is 2. The van der Waals surface area contributed by atoms with Crippen LogP contribution in [0.1, 0.15) is 119 Å². The predicted octanol–water partition coefficient (Wildman–Crippen LogP) is 7.06. The Bertz CT molecular complexity index is 1260. The van der Waals surface area contributed by atoms with E-state index in [1.54, 1.807) is 19.1 Å². The van der Waals surface area contributed by atoms with Gasteiger partial charge in [-0.3, -0.25) is 24.1 Å². The van der Waals surface area contributed by atoms with Crippen molar-refractivity contribution < 1.29 is 29.0 Å². The van der Waals surface area contributed by atoms with E-state index in [2.05, 4.69) is 20.8 Å². The summed E-state index contributed by atoms with van der Waals surface area (Å²) >= 11 is 0. The monoisotopic (exact) mass is 728 g/mol. The maximum Gasteiger partial charge on any atom is 0.226 e. The highest BCUT2D eigenvalue weighted by atomic mass is 16.5. The number of carbonyl (C=O) groups is 4. The topological polar surface area (TPSA) is 107 Å². The summed E-state index contributed by atoms with van der Waals surface area (Å²) in [5, 5.41) is 10.9. The zero-order valence-electron chi connectivity index (χ0n) is 34.8. The molecule has 296 valence electrons. The van der Waals surface area contributed by atoms with Crippen molar-refractivity contribution in [1.82, 2.24) is 14.7 Å². The number of likely N-dealkylation sites (N-methyl/N-ethyl adjacent to an activating group) is 2. The number of ether oxygens (including phenoxy) is 1. The number of carbonyl (C=O) groups excluding carboxylic acids is 4. The number of Topliss-reactive ketones (excluding diaryl/α,β-unsaturated/α-hetero) is 2. The first-order chi connectivity index (χ1) is 24.4. The SMILES string of the molecule is CC[C@H]([C@@H](C)C(=O)C[C@H](C)[C@@H](O)c1ccccc1)[C@@H]1CCCN1C(=O)C[C@@H](OC)[C@H]([C@@H](C)CC)N(C)C(=O)[C@@H](CC(=O)[C@H](C(C)C)N(C)C)C(C)C. The molecule has 1 aromatic rings. The molecular formula is C43H73N3O6. The number of nitrogens with zero attached hydrogens (tertiary/aromatic N) is 3. The van der Waals surface area contributed by atoms with Gasteiger partial charge in [0.05, 0.1) is 30.7 Å². The third-order valence-corrected chi connectivity index (χ3v) is 12.1. The number of ketones is 2. The molecule has 9 heteroatoms. The van der Waals surface area contributed by atoms with E-state index in [1.165, 1.54) is 0 Å². The van der Waals surface area contributed by atoms with Crippen LogP contribution in [0.4, 0.5) is 0 Å². The van der Waals surface area contributed by atoms with E-state index in [0.29, 0.717) is 6.54 Å². The minimum atomic E-state index is -0.720. The van der Waals surface area contributed by atoms with E-state index >= 15 is 0 Å². The summed E-state index contributed by atoms with van der Waals surface area (Å²) in [6, 6.07) is 8.77. The summed E-state index contributed by atoms with van der Waals surface area (Å²) in [6.45, 7) is 18.8. The molecule has 0 aromatic heterocycles. The second kappa shape index (κ2) is 21.3. The zero-order chi connectivity index (χ0) is 39.4. The average molecular weight is 728 g/mol. The Kier molecular flexibility index (Phi) is 18.7. The van der Waals surface area contributed by atoms with Crippen molar-refractivity contribution in [2.75, 3.05) is 34.8 Å². The second-order valence-corrected chi connectivity index (χ2v) is 16.6. The molecule has 0 aliphatic carbocycles. The highest BCUT2D eigenvalue weighted by Gasteiger charge is 2.42. The molecule has 0 bridgehead atoms. The highest BCUT2D eigenvalue weighted by molar-refractivity contribution is 5.90. The van der Waals surface area contributed by atoms with Crippen LogP contribution in [0, 0.1) is 41.4 Å². The molecule has 0 radical (unpaired) electrons. The number of hydrogen-bond acceptors (Lipinski definition) is 7. The molecule has 0 unspecified atom stereocenters. The summed E-state index contributed by atoms with van der Waals surface area (Å²) in [6.07, 6.45) is 2.57. The van der Waals surface area contributed by atoms with E-state index in [1.807, 2.05) is 95.8 Å². The van der Waals surface area contributed by atoms with Crippen molar-refractivity contribution in [3.05, 3.63) is 35.9 Å². The lowest BCUT2D eigenvalue weighted by Gasteiger charge is -2.41. The first-order valence-electron chi connectivity index (χ1n) is 20.0. The minimum absolute atomic E-state index is 0.00297. The van der Waals surface area contributed by atoms with Crippen LogP contribution in [-0.2, 0) is 23.9 Å². The fourth-order valence-corrected chi connectivity index (χ4v) is 8.82. The molecule has 1 aliphatic heterocycles. The molecule has 0 saturated carbocycles. The molecule has 1 heterocycles. The van der Waals surface area contributed by atoms with Gasteiger partial charge in [-0.2, -0.15) is 0 Å². The third-order valence-electron chi connectivity index (χ3n) is 12.1. The summed E-state index contributed by atoms with van der Waals surface area (Å²) in [4.78, 5) is 61.4. The first-order valence-corrected chi connectivity index (χ1v) is 20.0. The Balaban J connectivity index is 2.25. The van der Waals surface area contributed by atoms with Crippen LogP contribution < -0.4 is 0 Å². The maximum atomic E-state index is 14.3. The van der Waals surface area contributed by atoms with Gasteiger partial charge in [0.1, 0.15) is 5.78 Å². The van der Waals surface area contributed by atoms with Crippen molar-refractivity contribution in [1.29, 1.82) is 0 Å². The molecular weight excluding hydrogens is 654 g/mol. The lowest BCUT2D eigenvalue weighted by Crippen LogP contribution is -2.54. The standard InChI is InChI=1S/C43H73N3O6/c1-14-29(7)41(45(12)43(51)34(27(3)4)25-37(48)40(28(5)6)44(10)11)38(52-13)26-39(49)46-23-19-22-35(46)33(15-2)31(9)36(47)24-30(8)42(50)32-20-17-16-18-21-32/h16-18,20-21,27-31,33-35,38,40-42,50H,14-15,19,22-26H2,1-13H3/t29-,30-,31+,33+,34-,35-,38+,40-,41-,42+/m0/s1. The van der Waals surface area contributed by atoms with E-state index in [0.717, 1.165) is 31.2 Å². The quantitative estimate of drug-likeness (QED) is 0.136. The number of methoxy groups -OCH3 is 1. The molecule has 1 saturated heterocycles. The van der Waals surface area contributed by atoms with Gasteiger partial charge in [0, 0.05) is 51.4 Å². The third kappa shape index (κ3) is 11.7. The summed E-state index contributed by atoms with van der Waals surface area (Å²) in [5.74, 6) is -0.773. The summed E-state index contributed by atoms with van der Waals surface area (Å²) in [5.41, 5.74) is 0.808. The lowest BCUT2D eigenvalue weighted by molar-refractivity contribution is -0.148. The number of benzene rings is 1. The van der Waals surface area contributed by atoms with Gasteiger partial charge in [-0.25, -0.2) is 0 Å². The van der Waals surface area contributed by atoms with Crippen molar-refractivity contribution >= 4 is 23.4 Å². The van der Waals surface area contributed by atoms with Gasteiger partial charge >= 0.3 is 0 Å². The van der Waals surface area contributed by atoms with Crippen LogP contribution in [0.5, 0.6) is 0 Å². The smallest absolute Gasteiger partial charge is 0.226 e. The van der Waals surface area contributed by atoms with E-state index < -0.39 is 18.1 Å². The van der Waals surface area contributed by atoms with E-state index in [-0.39, 0.29) is 96.3 Å². The van der Waals surface area contributed by atoms with Gasteiger partial charge in [0.2, 0.25) is 11.8 Å². The molecule has 1 fully saturated rings. The Labute approximate surface area is 316 Å². The number of aliphatic hydroxyl groups excluding tert-OH is 1. The number of hydrogen-bond donors (Lipinski definition) is 1. The number of aliphatic hydroxyl groups is 1. The van der Waals surface area contributed by atoms with Crippen LogP contribution in [0.25, 0.3) is 0 Å². The van der Waals surface area contributed by atoms with Crippen LogP contribution in [-0.4, -0.2) is 102 Å². The molecule has 10 atom stereocenters. The van der Waals surface area contributed by atoms with Gasteiger partial charge in [-0.15, -0.1) is 0 Å². The van der Waals surface area contributed by atoms with Crippen LogP contribution in [0.15, 0.2) is 30.3 Å². The van der Waals surface area contributed by atoms with Gasteiger partial charge in [-0.05, 0) is 62.1 Å². The van der Waals surface area contributed by atoms with Crippen LogP contribution >= 0.6 is 0 Å². The molecule has 1 aliphatic rings. The van der Waals surface area contributed by atoms with Crippen LogP contribution in [0.3, 0.4) is 0 Å². The van der Waals surface area contributed by atoms with Gasteiger partial charge in [0.25, 0.3) is 0 Å². The molecule has 2 rings (SSSR count). The molecule has 1 N–H and O–H groups in total. The van der Waals surface area contributed by atoms with Gasteiger partial charge in [0.15, 0.2) is 5.78 Å². The Hall–Kier alpha value is -2.62. The maximum absolute atomic E-state index is 14.3. The predicted molar refractivity (Wildman–Crippen MR) is 210 cm³/mol. The largest absolute Gasteiger partial charge is 0.388 e. The Morgan fingerprint density at radius 1 is 0.846 bits per heavy atom. The minimum Gasteiger partial charge on any atom is -0.388 e. The van der Waals surface area contributed by atoms with Gasteiger partial charge in [-0.1, -0.05) is 105 Å². The van der Waals surface area contributed by atoms with Crippen molar-refractivity contribution in [3.63, 3.8) is 0 Å². The Morgan fingerprint density at radius 3 is 1.96 bits per heavy atom. The lowest BCUT2D eigenvalue weighted by atomic mass is 9.78. The number of rotatable bonds is 22. The molecule has 2 amide bonds. The highest BCUT2D eigenvalue weighted by Crippen LogP contribution is 2.35. The van der Waals surface area contributed by atoms with Gasteiger partial charge < -0.3 is 19.6 Å². The first kappa shape index (κ1) is 45.5. The molecule has 0 spiro atoms. The fraction of sp³-hybridized carbons (Fsp3) is 0.767.